The van der Waals surface area contributed by atoms with Crippen molar-refractivity contribution in [3.8, 4) is 16.9 Å². The second-order valence-corrected chi connectivity index (χ2v) is 7.24. The summed E-state index contributed by atoms with van der Waals surface area (Å²) >= 11 is 0. The van der Waals surface area contributed by atoms with Gasteiger partial charge in [0.1, 0.15) is 17.9 Å². The van der Waals surface area contributed by atoms with Gasteiger partial charge in [-0.3, -0.25) is 4.79 Å². The Morgan fingerprint density at radius 1 is 1.16 bits per heavy atom. The van der Waals surface area contributed by atoms with Crippen LogP contribution in [0, 0.1) is 0 Å². The Bertz CT molecular complexity index is 1090. The van der Waals surface area contributed by atoms with Crippen LogP contribution in [0.5, 0.6) is 5.75 Å². The minimum Gasteiger partial charge on any atom is -0.406 e. The minimum atomic E-state index is -4.78. The van der Waals surface area contributed by atoms with Gasteiger partial charge in [0, 0.05) is 54.5 Å². The number of nitrogens with zero attached hydrogens (tertiary/aromatic N) is 4. The molecule has 0 unspecified atom stereocenters. The van der Waals surface area contributed by atoms with Crippen LogP contribution in [0.4, 0.5) is 24.7 Å². The molecule has 1 fully saturated rings. The molecular formula is C21H19F3N6O2. The molecule has 1 aromatic carbocycles. The number of ether oxygens (including phenoxy) is 1. The number of pyridine rings is 1. The maximum Gasteiger partial charge on any atom is 0.573 e. The SMILES string of the molecule is N[C@@H]1CCN(c2ncc(C(=O)Nc3ccc(OC(F)(F)F)cc3)cc2-c2cncnc2)C1. The van der Waals surface area contributed by atoms with Crippen molar-refractivity contribution >= 4 is 17.4 Å². The maximum absolute atomic E-state index is 12.8. The standard InChI is InChI=1S/C21H19F3N6O2/c22-21(23,24)32-17-3-1-16(2-4-17)29-20(31)13-7-18(14-8-26-12-27-9-14)19(28-10-13)30-6-5-15(25)11-30/h1-4,7-10,12,15H,5-6,11,25H2,(H,29,31)/t15-/m1/s1. The Morgan fingerprint density at radius 2 is 1.88 bits per heavy atom. The fourth-order valence-corrected chi connectivity index (χ4v) is 3.41. The number of benzene rings is 1. The average molecular weight is 444 g/mol. The van der Waals surface area contributed by atoms with Crippen LogP contribution in [-0.2, 0) is 0 Å². The van der Waals surface area contributed by atoms with Crippen LogP contribution in [0.3, 0.4) is 0 Å². The lowest BCUT2D eigenvalue weighted by Crippen LogP contribution is -2.27. The smallest absolute Gasteiger partial charge is 0.406 e. The first-order valence-corrected chi connectivity index (χ1v) is 9.71. The van der Waals surface area contributed by atoms with Crippen LogP contribution in [0.15, 0.2) is 55.2 Å². The van der Waals surface area contributed by atoms with Gasteiger partial charge >= 0.3 is 6.36 Å². The van der Waals surface area contributed by atoms with Gasteiger partial charge in [0.2, 0.25) is 0 Å². The van der Waals surface area contributed by atoms with Crippen molar-refractivity contribution in [3.63, 3.8) is 0 Å². The first kappa shape index (κ1) is 21.5. The van der Waals surface area contributed by atoms with Crippen LogP contribution in [0.2, 0.25) is 0 Å². The molecule has 0 spiro atoms. The van der Waals surface area contributed by atoms with Crippen molar-refractivity contribution in [2.75, 3.05) is 23.3 Å². The van der Waals surface area contributed by atoms with Crippen molar-refractivity contribution < 1.29 is 22.7 Å². The van der Waals surface area contributed by atoms with E-state index in [9.17, 15) is 18.0 Å². The van der Waals surface area contributed by atoms with Gasteiger partial charge in [0.15, 0.2) is 0 Å². The van der Waals surface area contributed by atoms with Crippen molar-refractivity contribution in [2.45, 2.75) is 18.8 Å². The molecule has 3 N–H and O–H groups in total. The van der Waals surface area contributed by atoms with Crippen LogP contribution in [0.25, 0.3) is 11.1 Å². The first-order valence-electron chi connectivity index (χ1n) is 9.71. The molecule has 1 aliphatic rings. The van der Waals surface area contributed by atoms with Gasteiger partial charge in [-0.2, -0.15) is 0 Å². The molecule has 1 aliphatic heterocycles. The van der Waals surface area contributed by atoms with Crippen molar-refractivity contribution in [2.24, 2.45) is 5.73 Å². The van der Waals surface area contributed by atoms with Gasteiger partial charge in [-0.15, -0.1) is 13.2 Å². The molecule has 1 atom stereocenters. The monoisotopic (exact) mass is 444 g/mol. The van der Waals surface area contributed by atoms with E-state index in [1.165, 1.54) is 24.7 Å². The lowest BCUT2D eigenvalue weighted by Gasteiger charge is -2.21. The van der Waals surface area contributed by atoms with Crippen LogP contribution in [-0.4, -0.2) is 46.4 Å². The Balaban J connectivity index is 1.57. The molecule has 11 heteroatoms. The number of anilines is 2. The maximum atomic E-state index is 12.8. The predicted octanol–water partition coefficient (Wildman–Crippen LogP) is 3.23. The Hall–Kier alpha value is -3.73. The van der Waals surface area contributed by atoms with Crippen molar-refractivity contribution in [3.05, 3.63) is 60.8 Å². The molecule has 4 rings (SSSR count). The zero-order chi connectivity index (χ0) is 22.7. The molecule has 0 bridgehead atoms. The van der Waals surface area contributed by atoms with Gasteiger partial charge in [0.05, 0.1) is 5.56 Å². The number of hydrogen-bond acceptors (Lipinski definition) is 7. The summed E-state index contributed by atoms with van der Waals surface area (Å²) in [7, 11) is 0. The molecule has 8 nitrogen and oxygen atoms in total. The third-order valence-electron chi connectivity index (χ3n) is 4.87. The number of nitrogens with two attached hydrogens (primary N) is 1. The normalized spacial score (nSPS) is 16.1. The quantitative estimate of drug-likeness (QED) is 0.622. The molecule has 0 radical (unpaired) electrons. The zero-order valence-corrected chi connectivity index (χ0v) is 16.7. The lowest BCUT2D eigenvalue weighted by molar-refractivity contribution is -0.274. The van der Waals surface area contributed by atoms with Gasteiger partial charge in [-0.1, -0.05) is 0 Å². The molecule has 2 aromatic heterocycles. The highest BCUT2D eigenvalue weighted by Gasteiger charge is 2.31. The number of hydrogen-bond donors (Lipinski definition) is 2. The van der Waals surface area contributed by atoms with E-state index in [1.807, 2.05) is 4.90 Å². The number of halogens is 3. The van der Waals surface area contributed by atoms with Gasteiger partial charge in [-0.05, 0) is 36.8 Å². The van der Waals surface area contributed by atoms with Crippen LogP contribution in [0.1, 0.15) is 16.8 Å². The fourth-order valence-electron chi connectivity index (χ4n) is 3.41. The summed E-state index contributed by atoms with van der Waals surface area (Å²) in [5.74, 6) is -0.167. The molecule has 1 saturated heterocycles. The number of alkyl halides is 3. The van der Waals surface area contributed by atoms with Crippen molar-refractivity contribution in [1.82, 2.24) is 15.0 Å². The van der Waals surface area contributed by atoms with E-state index >= 15 is 0 Å². The molecule has 3 aromatic rings. The van der Waals surface area contributed by atoms with E-state index in [1.54, 1.807) is 18.5 Å². The van der Waals surface area contributed by atoms with E-state index < -0.39 is 12.3 Å². The fraction of sp³-hybridized carbons (Fsp3) is 0.238. The summed E-state index contributed by atoms with van der Waals surface area (Å²) < 4.78 is 40.7. The van der Waals surface area contributed by atoms with Gasteiger partial charge < -0.3 is 20.7 Å². The van der Waals surface area contributed by atoms with Crippen molar-refractivity contribution in [1.29, 1.82) is 0 Å². The predicted molar refractivity (Wildman–Crippen MR) is 111 cm³/mol. The van der Waals surface area contributed by atoms with E-state index in [2.05, 4.69) is 25.0 Å². The molecule has 0 saturated carbocycles. The molecule has 166 valence electrons. The minimum absolute atomic E-state index is 0.0453. The molecule has 1 amide bonds. The molecular weight excluding hydrogens is 425 g/mol. The molecule has 0 aliphatic carbocycles. The highest BCUT2D eigenvalue weighted by Crippen LogP contribution is 2.31. The number of amides is 1. The summed E-state index contributed by atoms with van der Waals surface area (Å²) in [6.07, 6.45) is 2.17. The third kappa shape index (κ3) is 5.11. The Labute approximate surface area is 181 Å². The Morgan fingerprint density at radius 3 is 2.50 bits per heavy atom. The van der Waals surface area contributed by atoms with E-state index in [4.69, 9.17) is 5.73 Å². The second kappa shape index (κ2) is 8.79. The average Bonchev–Trinajstić information content (AvgIpc) is 3.20. The lowest BCUT2D eigenvalue weighted by atomic mass is 10.1. The van der Waals surface area contributed by atoms with Crippen LogP contribution >= 0.6 is 0 Å². The molecule has 3 heterocycles. The zero-order valence-electron chi connectivity index (χ0n) is 16.7. The molecule has 32 heavy (non-hydrogen) atoms. The number of carbonyl (C=O) groups excluding carboxylic acids is 1. The number of aromatic nitrogens is 3. The number of nitrogens with one attached hydrogen (secondary N) is 1. The topological polar surface area (TPSA) is 106 Å². The van der Waals surface area contributed by atoms with E-state index in [0.29, 0.717) is 29.2 Å². The van der Waals surface area contributed by atoms with Gasteiger partial charge in [0.25, 0.3) is 5.91 Å². The largest absolute Gasteiger partial charge is 0.573 e. The highest BCUT2D eigenvalue weighted by molar-refractivity contribution is 6.05. The summed E-state index contributed by atoms with van der Waals surface area (Å²) in [5, 5.41) is 2.64. The van der Waals surface area contributed by atoms with E-state index in [0.717, 1.165) is 25.1 Å². The summed E-state index contributed by atoms with van der Waals surface area (Å²) in [6.45, 7) is 1.39. The van der Waals surface area contributed by atoms with Crippen LogP contribution < -0.4 is 20.7 Å². The first-order chi connectivity index (χ1) is 15.3. The number of rotatable bonds is 5. The Kier molecular flexibility index (Phi) is 5.91. The summed E-state index contributed by atoms with van der Waals surface area (Å²) in [5.41, 5.74) is 7.98. The third-order valence-corrected chi connectivity index (χ3v) is 4.87. The number of carbonyl (C=O) groups is 1. The second-order valence-electron chi connectivity index (χ2n) is 7.24. The van der Waals surface area contributed by atoms with Gasteiger partial charge in [-0.25, -0.2) is 15.0 Å². The highest BCUT2D eigenvalue weighted by atomic mass is 19.4. The van der Waals surface area contributed by atoms with E-state index in [-0.39, 0.29) is 17.4 Å². The summed E-state index contributed by atoms with van der Waals surface area (Å²) in [6, 6.07) is 6.60. The summed E-state index contributed by atoms with van der Waals surface area (Å²) in [4.78, 5) is 27.4.